The van der Waals surface area contributed by atoms with Gasteiger partial charge >= 0.3 is 0 Å². The highest BCUT2D eigenvalue weighted by Gasteiger charge is 1.98. The molecule has 68 valence electrons. The second kappa shape index (κ2) is 4.61. The largest absolute Gasteiger partial charge is 0.261 e. The minimum atomic E-state index is 1.07. The van der Waals surface area contributed by atoms with Crippen molar-refractivity contribution in [3.63, 3.8) is 0 Å². The molecule has 0 N–H and O–H groups in total. The van der Waals surface area contributed by atoms with Crippen molar-refractivity contribution in [1.82, 2.24) is 0 Å². The third kappa shape index (κ3) is 2.55. The van der Waals surface area contributed by atoms with E-state index in [1.54, 1.807) is 0 Å². The first kappa shape index (κ1) is 9.72. The molecule has 0 atom stereocenters. The zero-order chi connectivity index (χ0) is 9.68. The van der Waals surface area contributed by atoms with Gasteiger partial charge in [-0.05, 0) is 20.8 Å². The summed E-state index contributed by atoms with van der Waals surface area (Å²) in [6, 6.07) is 10.2. The fraction of sp³-hybridized carbons (Fsp3) is 0.250. The van der Waals surface area contributed by atoms with E-state index in [0.717, 1.165) is 5.70 Å². The Labute approximate surface area is 79.8 Å². The molecule has 1 rings (SSSR count). The molecule has 0 bridgehead atoms. The van der Waals surface area contributed by atoms with Gasteiger partial charge in [-0.2, -0.15) is 0 Å². The van der Waals surface area contributed by atoms with E-state index in [4.69, 9.17) is 0 Å². The van der Waals surface area contributed by atoms with E-state index in [1.807, 2.05) is 31.3 Å². The second-order valence-corrected chi connectivity index (χ2v) is 3.10. The van der Waals surface area contributed by atoms with E-state index in [-0.39, 0.29) is 0 Å². The predicted molar refractivity (Wildman–Crippen MR) is 58.9 cm³/mol. The molecule has 0 aliphatic rings. The lowest BCUT2D eigenvalue weighted by atomic mass is 10.1. The van der Waals surface area contributed by atoms with E-state index in [9.17, 15) is 0 Å². The van der Waals surface area contributed by atoms with Crippen molar-refractivity contribution in [3.05, 3.63) is 41.5 Å². The molecule has 0 saturated carbocycles. The summed E-state index contributed by atoms with van der Waals surface area (Å²) in [5.74, 6) is 0. The molecule has 13 heavy (non-hydrogen) atoms. The highest BCUT2D eigenvalue weighted by molar-refractivity contribution is 5.74. The molecule has 0 amide bonds. The summed E-state index contributed by atoms with van der Waals surface area (Å²) in [5, 5.41) is 0. The van der Waals surface area contributed by atoms with Gasteiger partial charge in [0, 0.05) is 11.8 Å². The van der Waals surface area contributed by atoms with Crippen molar-refractivity contribution in [2.45, 2.75) is 20.8 Å². The van der Waals surface area contributed by atoms with Crippen molar-refractivity contribution < 1.29 is 0 Å². The average molecular weight is 173 g/mol. The Morgan fingerprint density at radius 1 is 1.15 bits per heavy atom. The summed E-state index contributed by atoms with van der Waals surface area (Å²) in [4.78, 5) is 4.35. The van der Waals surface area contributed by atoms with E-state index < -0.39 is 0 Å². The van der Waals surface area contributed by atoms with Crippen LogP contribution in [-0.4, -0.2) is 6.21 Å². The minimum absolute atomic E-state index is 1.07. The Hall–Kier alpha value is -1.37. The van der Waals surface area contributed by atoms with Gasteiger partial charge in [0.05, 0.1) is 5.70 Å². The molecular formula is C12H15N. The number of aliphatic imine (C=N–C) groups is 1. The predicted octanol–water partition coefficient (Wildman–Crippen LogP) is 3.53. The highest BCUT2D eigenvalue weighted by Crippen LogP contribution is 2.18. The standard InChI is InChI=1S/C12H15N/c1-4-13-12(10(2)3)11-8-6-5-7-9-11/h4-9H,1-3H3. The smallest absolute Gasteiger partial charge is 0.0684 e. The number of rotatable bonds is 2. The Balaban J connectivity index is 3.12. The number of hydrogen-bond acceptors (Lipinski definition) is 1. The highest BCUT2D eigenvalue weighted by atomic mass is 14.7. The maximum absolute atomic E-state index is 4.35. The lowest BCUT2D eigenvalue weighted by Crippen LogP contribution is -1.83. The molecule has 0 spiro atoms. The Bertz CT molecular complexity index is 316. The summed E-state index contributed by atoms with van der Waals surface area (Å²) < 4.78 is 0. The fourth-order valence-electron chi connectivity index (χ4n) is 1.22. The monoisotopic (exact) mass is 173 g/mol. The molecule has 0 aromatic heterocycles. The van der Waals surface area contributed by atoms with Crippen LogP contribution >= 0.6 is 0 Å². The summed E-state index contributed by atoms with van der Waals surface area (Å²) in [6.45, 7) is 6.09. The SMILES string of the molecule is CC=NC(=C(C)C)c1ccccc1. The van der Waals surface area contributed by atoms with Crippen LogP contribution in [0.4, 0.5) is 0 Å². The van der Waals surface area contributed by atoms with Gasteiger partial charge in [-0.15, -0.1) is 0 Å². The molecule has 1 aromatic rings. The Kier molecular flexibility index (Phi) is 3.44. The van der Waals surface area contributed by atoms with Crippen molar-refractivity contribution in [2.24, 2.45) is 4.99 Å². The van der Waals surface area contributed by atoms with Crippen molar-refractivity contribution in [2.75, 3.05) is 0 Å². The summed E-state index contributed by atoms with van der Waals surface area (Å²) in [6.07, 6.45) is 1.83. The first-order valence-electron chi connectivity index (χ1n) is 4.47. The number of allylic oxidation sites excluding steroid dienone is 1. The zero-order valence-corrected chi connectivity index (χ0v) is 8.41. The van der Waals surface area contributed by atoms with Gasteiger partial charge in [0.15, 0.2) is 0 Å². The third-order valence-electron chi connectivity index (χ3n) is 1.78. The molecule has 0 aliphatic carbocycles. The minimum Gasteiger partial charge on any atom is -0.261 e. The van der Waals surface area contributed by atoms with E-state index >= 15 is 0 Å². The quantitative estimate of drug-likeness (QED) is 0.607. The average Bonchev–Trinajstić information content (AvgIpc) is 2.15. The maximum atomic E-state index is 4.35. The van der Waals surface area contributed by atoms with Gasteiger partial charge in [-0.3, -0.25) is 4.99 Å². The van der Waals surface area contributed by atoms with Crippen LogP contribution in [-0.2, 0) is 0 Å². The normalized spacial score (nSPS) is 10.4. The van der Waals surface area contributed by atoms with Crippen LogP contribution in [0.5, 0.6) is 0 Å². The van der Waals surface area contributed by atoms with Crippen LogP contribution in [0.25, 0.3) is 5.70 Å². The van der Waals surface area contributed by atoms with Gasteiger partial charge in [0.25, 0.3) is 0 Å². The lowest BCUT2D eigenvalue weighted by molar-refractivity contribution is 1.34. The molecule has 1 aromatic carbocycles. The van der Waals surface area contributed by atoms with Gasteiger partial charge < -0.3 is 0 Å². The summed E-state index contributed by atoms with van der Waals surface area (Å²) in [5.41, 5.74) is 3.49. The first-order valence-corrected chi connectivity index (χ1v) is 4.47. The first-order chi connectivity index (χ1) is 6.25. The molecule has 0 heterocycles. The summed E-state index contributed by atoms with van der Waals surface area (Å²) in [7, 11) is 0. The Morgan fingerprint density at radius 3 is 2.23 bits per heavy atom. The van der Waals surface area contributed by atoms with E-state index in [0.29, 0.717) is 0 Å². The van der Waals surface area contributed by atoms with Gasteiger partial charge in [-0.1, -0.05) is 35.9 Å². The molecule has 1 nitrogen and oxygen atoms in total. The van der Waals surface area contributed by atoms with Crippen LogP contribution < -0.4 is 0 Å². The van der Waals surface area contributed by atoms with Crippen LogP contribution in [0.2, 0.25) is 0 Å². The number of nitrogens with zero attached hydrogens (tertiary/aromatic N) is 1. The van der Waals surface area contributed by atoms with Crippen molar-refractivity contribution in [1.29, 1.82) is 0 Å². The molecule has 0 aliphatic heterocycles. The zero-order valence-electron chi connectivity index (χ0n) is 8.41. The number of hydrogen-bond donors (Lipinski definition) is 0. The number of benzene rings is 1. The van der Waals surface area contributed by atoms with Crippen LogP contribution in [0.1, 0.15) is 26.3 Å². The van der Waals surface area contributed by atoms with Crippen LogP contribution in [0.15, 0.2) is 40.9 Å². The van der Waals surface area contributed by atoms with E-state index in [1.165, 1.54) is 11.1 Å². The maximum Gasteiger partial charge on any atom is 0.0684 e. The summed E-state index contributed by atoms with van der Waals surface area (Å²) >= 11 is 0. The second-order valence-electron chi connectivity index (χ2n) is 3.10. The molecule has 0 unspecified atom stereocenters. The van der Waals surface area contributed by atoms with Crippen LogP contribution in [0, 0.1) is 0 Å². The van der Waals surface area contributed by atoms with E-state index in [2.05, 4.69) is 31.0 Å². The molecular weight excluding hydrogens is 158 g/mol. The van der Waals surface area contributed by atoms with Crippen molar-refractivity contribution >= 4 is 11.9 Å². The lowest BCUT2D eigenvalue weighted by Gasteiger charge is -2.03. The Morgan fingerprint density at radius 2 is 1.77 bits per heavy atom. The van der Waals surface area contributed by atoms with Gasteiger partial charge in [-0.25, -0.2) is 0 Å². The van der Waals surface area contributed by atoms with Gasteiger partial charge in [0.2, 0.25) is 0 Å². The molecule has 0 radical (unpaired) electrons. The van der Waals surface area contributed by atoms with Crippen LogP contribution in [0.3, 0.4) is 0 Å². The fourth-order valence-corrected chi connectivity index (χ4v) is 1.22. The topological polar surface area (TPSA) is 12.4 Å². The molecule has 0 fully saturated rings. The molecule has 0 saturated heterocycles. The molecule has 1 heteroatoms. The van der Waals surface area contributed by atoms with Gasteiger partial charge in [0.1, 0.15) is 0 Å². The third-order valence-corrected chi connectivity index (χ3v) is 1.78. The van der Waals surface area contributed by atoms with Crippen molar-refractivity contribution in [3.8, 4) is 0 Å².